The summed E-state index contributed by atoms with van der Waals surface area (Å²) in [5.41, 5.74) is 5.32. The molecule has 1 rings (SSSR count). The molecule has 0 amide bonds. The van der Waals surface area contributed by atoms with E-state index in [4.69, 9.17) is 5.73 Å². The Morgan fingerprint density at radius 2 is 2.00 bits per heavy atom. The summed E-state index contributed by atoms with van der Waals surface area (Å²) in [6, 6.07) is 0. The predicted octanol–water partition coefficient (Wildman–Crippen LogP) is 1.67. The maximum Gasteiger partial charge on any atom is 0.0664 e. The van der Waals surface area contributed by atoms with Crippen LogP contribution in [0.1, 0.15) is 46.0 Å². The average Bonchev–Trinajstić information content (AvgIpc) is 1.83. The lowest BCUT2D eigenvalue weighted by molar-refractivity contribution is -0.0429. The van der Waals surface area contributed by atoms with E-state index in [9.17, 15) is 5.11 Å². The molecule has 0 radical (unpaired) electrons. The molecule has 0 aromatic rings. The van der Waals surface area contributed by atoms with Crippen LogP contribution in [-0.2, 0) is 0 Å². The number of hydrogen-bond donors (Lipinski definition) is 2. The molecule has 0 saturated heterocycles. The quantitative estimate of drug-likeness (QED) is 0.664. The van der Waals surface area contributed by atoms with Crippen LogP contribution >= 0.6 is 0 Å². The molecular weight excluding hydrogens is 150 g/mol. The summed E-state index contributed by atoms with van der Waals surface area (Å²) in [6.07, 6.45) is 4.99. The first kappa shape index (κ1) is 10.0. The fourth-order valence-electron chi connectivity index (χ4n) is 2.45. The van der Waals surface area contributed by atoms with Crippen LogP contribution in [0, 0.1) is 5.41 Å². The second-order valence-electron chi connectivity index (χ2n) is 4.96. The molecule has 3 N–H and O–H groups in total. The van der Waals surface area contributed by atoms with Gasteiger partial charge in [0.2, 0.25) is 0 Å². The van der Waals surface area contributed by atoms with Gasteiger partial charge < -0.3 is 10.8 Å². The highest BCUT2D eigenvalue weighted by molar-refractivity contribution is 4.90. The molecule has 1 fully saturated rings. The van der Waals surface area contributed by atoms with Gasteiger partial charge in [0.05, 0.1) is 5.60 Å². The highest BCUT2D eigenvalue weighted by Gasteiger charge is 2.37. The monoisotopic (exact) mass is 171 g/mol. The predicted molar refractivity (Wildman–Crippen MR) is 50.9 cm³/mol. The minimum Gasteiger partial charge on any atom is -0.390 e. The number of rotatable bonds is 2. The van der Waals surface area contributed by atoms with Gasteiger partial charge in [0.1, 0.15) is 0 Å². The first-order valence-corrected chi connectivity index (χ1v) is 4.90. The fraction of sp³-hybridized carbons (Fsp3) is 1.00. The summed E-state index contributed by atoms with van der Waals surface area (Å²) in [7, 11) is 0. The van der Waals surface area contributed by atoms with E-state index in [0.29, 0.717) is 12.0 Å². The van der Waals surface area contributed by atoms with Gasteiger partial charge in [-0.15, -0.1) is 0 Å². The Morgan fingerprint density at radius 1 is 1.33 bits per heavy atom. The molecule has 0 spiro atoms. The molecule has 0 heterocycles. The van der Waals surface area contributed by atoms with E-state index in [2.05, 4.69) is 13.8 Å². The molecule has 2 heteroatoms. The molecule has 0 aromatic carbocycles. The summed E-state index contributed by atoms with van der Waals surface area (Å²) in [5, 5.41) is 10.1. The van der Waals surface area contributed by atoms with Crippen molar-refractivity contribution in [2.24, 2.45) is 11.1 Å². The van der Waals surface area contributed by atoms with Gasteiger partial charge in [-0.25, -0.2) is 0 Å². The van der Waals surface area contributed by atoms with Crippen molar-refractivity contribution in [1.82, 2.24) is 0 Å². The van der Waals surface area contributed by atoms with Gasteiger partial charge in [-0.3, -0.25) is 0 Å². The van der Waals surface area contributed by atoms with Crippen molar-refractivity contribution >= 4 is 0 Å². The van der Waals surface area contributed by atoms with Crippen LogP contribution in [0.2, 0.25) is 0 Å². The van der Waals surface area contributed by atoms with Gasteiger partial charge in [0.15, 0.2) is 0 Å². The van der Waals surface area contributed by atoms with Crippen LogP contribution in [0.25, 0.3) is 0 Å². The third kappa shape index (κ3) is 2.46. The van der Waals surface area contributed by atoms with Gasteiger partial charge in [0, 0.05) is 0 Å². The second-order valence-corrected chi connectivity index (χ2v) is 4.96. The smallest absolute Gasteiger partial charge is 0.0664 e. The normalized spacial score (nSPS) is 35.0. The zero-order valence-corrected chi connectivity index (χ0v) is 8.27. The largest absolute Gasteiger partial charge is 0.390 e. The first-order chi connectivity index (χ1) is 5.47. The lowest BCUT2D eigenvalue weighted by Gasteiger charge is -2.41. The Balaban J connectivity index is 2.55. The maximum atomic E-state index is 10.1. The molecule has 72 valence electrons. The molecule has 0 aliphatic heterocycles. The molecular formula is C10H21NO. The van der Waals surface area contributed by atoms with E-state index in [1.54, 1.807) is 0 Å². The summed E-state index contributed by atoms with van der Waals surface area (Å²) in [6.45, 7) is 5.06. The van der Waals surface area contributed by atoms with Crippen molar-refractivity contribution in [1.29, 1.82) is 0 Å². The van der Waals surface area contributed by atoms with E-state index in [-0.39, 0.29) is 0 Å². The molecule has 1 unspecified atom stereocenters. The van der Waals surface area contributed by atoms with E-state index in [1.165, 1.54) is 6.42 Å². The van der Waals surface area contributed by atoms with Gasteiger partial charge in [-0.1, -0.05) is 20.3 Å². The third-order valence-electron chi connectivity index (χ3n) is 2.91. The lowest BCUT2D eigenvalue weighted by atomic mass is 9.69. The van der Waals surface area contributed by atoms with Crippen molar-refractivity contribution in [3.05, 3.63) is 0 Å². The maximum absolute atomic E-state index is 10.1. The van der Waals surface area contributed by atoms with Crippen molar-refractivity contribution in [3.63, 3.8) is 0 Å². The van der Waals surface area contributed by atoms with E-state index in [1.807, 2.05) is 0 Å². The van der Waals surface area contributed by atoms with Crippen molar-refractivity contribution < 1.29 is 5.11 Å². The summed E-state index contributed by atoms with van der Waals surface area (Å²) in [5.74, 6) is 0. The van der Waals surface area contributed by atoms with Crippen molar-refractivity contribution in [2.75, 3.05) is 6.54 Å². The van der Waals surface area contributed by atoms with E-state index in [0.717, 1.165) is 25.7 Å². The van der Waals surface area contributed by atoms with Gasteiger partial charge in [-0.05, 0) is 37.6 Å². The Hall–Kier alpha value is -0.0800. The first-order valence-electron chi connectivity index (χ1n) is 4.90. The van der Waals surface area contributed by atoms with Gasteiger partial charge in [-0.2, -0.15) is 0 Å². The molecule has 2 nitrogen and oxygen atoms in total. The lowest BCUT2D eigenvalue weighted by Crippen LogP contribution is -2.40. The Kier molecular flexibility index (Phi) is 2.79. The van der Waals surface area contributed by atoms with Crippen LogP contribution in [0.4, 0.5) is 0 Å². The molecule has 1 aliphatic carbocycles. The highest BCUT2D eigenvalue weighted by Crippen LogP contribution is 2.42. The van der Waals surface area contributed by atoms with Crippen LogP contribution in [0.5, 0.6) is 0 Å². The highest BCUT2D eigenvalue weighted by atomic mass is 16.3. The van der Waals surface area contributed by atoms with E-state index >= 15 is 0 Å². The van der Waals surface area contributed by atoms with Gasteiger partial charge >= 0.3 is 0 Å². The molecule has 0 bridgehead atoms. The molecule has 1 saturated carbocycles. The van der Waals surface area contributed by atoms with Crippen molar-refractivity contribution in [2.45, 2.75) is 51.6 Å². The van der Waals surface area contributed by atoms with Crippen LogP contribution in [-0.4, -0.2) is 17.3 Å². The zero-order chi connectivity index (χ0) is 9.24. The molecule has 0 aromatic heterocycles. The van der Waals surface area contributed by atoms with Crippen LogP contribution < -0.4 is 5.73 Å². The van der Waals surface area contributed by atoms with Gasteiger partial charge in [0.25, 0.3) is 0 Å². The summed E-state index contributed by atoms with van der Waals surface area (Å²) < 4.78 is 0. The molecule has 1 aliphatic rings. The average molecular weight is 171 g/mol. The Bertz CT molecular complexity index is 152. The second kappa shape index (κ2) is 3.35. The standard InChI is InChI=1S/C10H21NO/c1-9(2)4-3-5-10(12,8-9)6-7-11/h12H,3-8,11H2,1-2H3. The number of aliphatic hydroxyl groups is 1. The molecule has 1 atom stereocenters. The SMILES string of the molecule is CC1(C)CCCC(O)(CCN)C1. The van der Waals surface area contributed by atoms with Crippen molar-refractivity contribution in [3.8, 4) is 0 Å². The zero-order valence-electron chi connectivity index (χ0n) is 8.27. The number of hydrogen-bond acceptors (Lipinski definition) is 2. The number of nitrogens with two attached hydrogens (primary N) is 1. The molecule has 12 heavy (non-hydrogen) atoms. The topological polar surface area (TPSA) is 46.2 Å². The summed E-state index contributed by atoms with van der Waals surface area (Å²) >= 11 is 0. The minimum absolute atomic E-state index is 0.308. The summed E-state index contributed by atoms with van der Waals surface area (Å²) in [4.78, 5) is 0. The van der Waals surface area contributed by atoms with E-state index < -0.39 is 5.60 Å². The fourth-order valence-corrected chi connectivity index (χ4v) is 2.45. The van der Waals surface area contributed by atoms with Crippen LogP contribution in [0.3, 0.4) is 0 Å². The Morgan fingerprint density at radius 3 is 2.50 bits per heavy atom. The minimum atomic E-state index is -0.462. The van der Waals surface area contributed by atoms with Crippen LogP contribution in [0.15, 0.2) is 0 Å². The third-order valence-corrected chi connectivity index (χ3v) is 2.91. The Labute approximate surface area is 75.2 Å².